The molecule has 0 heterocycles. The van der Waals surface area contributed by atoms with Crippen molar-refractivity contribution in [2.75, 3.05) is 13.3 Å². The first-order valence-corrected chi connectivity index (χ1v) is 10.8. The second-order valence-corrected chi connectivity index (χ2v) is 10.9. The van der Waals surface area contributed by atoms with Gasteiger partial charge in [-0.15, -0.1) is 0 Å². The van der Waals surface area contributed by atoms with Crippen molar-refractivity contribution in [3.63, 3.8) is 0 Å². The van der Waals surface area contributed by atoms with E-state index in [0.29, 0.717) is 25.9 Å². The standard InChI is InChI=1S/C15H27FO3Si/c1-5-6-11-18-14(17)15(12-16)9-7-13(8-10-15)19-20(2,3)4/h7H,5-6,8-12H2,1-4H3. The molecule has 0 aromatic heterocycles. The van der Waals surface area contributed by atoms with E-state index in [9.17, 15) is 9.18 Å². The third kappa shape index (κ3) is 4.92. The van der Waals surface area contributed by atoms with Crippen LogP contribution in [0, 0.1) is 5.41 Å². The molecule has 1 aliphatic carbocycles. The summed E-state index contributed by atoms with van der Waals surface area (Å²) in [4.78, 5) is 12.1. The fraction of sp³-hybridized carbons (Fsp3) is 0.800. The molecule has 0 N–H and O–H groups in total. The Balaban J connectivity index is 2.62. The van der Waals surface area contributed by atoms with Gasteiger partial charge in [0.05, 0.1) is 12.4 Å². The Morgan fingerprint density at radius 3 is 2.60 bits per heavy atom. The van der Waals surface area contributed by atoms with Crippen molar-refractivity contribution in [2.24, 2.45) is 5.41 Å². The normalized spacial score (nSPS) is 23.1. The van der Waals surface area contributed by atoms with Crippen LogP contribution in [0.15, 0.2) is 11.8 Å². The third-order valence-electron chi connectivity index (χ3n) is 3.43. The number of ether oxygens (including phenoxy) is 1. The molecule has 3 nitrogen and oxygen atoms in total. The van der Waals surface area contributed by atoms with E-state index in [1.54, 1.807) is 0 Å². The van der Waals surface area contributed by atoms with Crippen molar-refractivity contribution >= 4 is 14.3 Å². The van der Waals surface area contributed by atoms with Gasteiger partial charge in [-0.2, -0.15) is 0 Å². The smallest absolute Gasteiger partial charge is 0.315 e. The van der Waals surface area contributed by atoms with Crippen molar-refractivity contribution < 1.29 is 18.3 Å². The summed E-state index contributed by atoms with van der Waals surface area (Å²) in [5.74, 6) is 0.520. The lowest BCUT2D eigenvalue weighted by molar-refractivity contribution is -0.158. The highest BCUT2D eigenvalue weighted by Gasteiger charge is 2.42. The second-order valence-electron chi connectivity index (χ2n) is 6.49. The van der Waals surface area contributed by atoms with Crippen LogP contribution in [0.3, 0.4) is 0 Å². The lowest BCUT2D eigenvalue weighted by Crippen LogP contribution is -2.38. The summed E-state index contributed by atoms with van der Waals surface area (Å²) >= 11 is 0. The van der Waals surface area contributed by atoms with Gasteiger partial charge in [0.15, 0.2) is 0 Å². The van der Waals surface area contributed by atoms with Crippen molar-refractivity contribution in [3.8, 4) is 0 Å². The number of esters is 1. The number of allylic oxidation sites excluding steroid dienone is 2. The van der Waals surface area contributed by atoms with Gasteiger partial charge in [0.25, 0.3) is 0 Å². The molecule has 0 aromatic rings. The van der Waals surface area contributed by atoms with Gasteiger partial charge in [-0.05, 0) is 45.0 Å². The van der Waals surface area contributed by atoms with Gasteiger partial charge in [0.2, 0.25) is 8.32 Å². The maximum Gasteiger partial charge on any atom is 0.315 e. The number of halogens is 1. The molecule has 1 rings (SSSR count). The van der Waals surface area contributed by atoms with E-state index >= 15 is 0 Å². The molecule has 0 saturated carbocycles. The van der Waals surface area contributed by atoms with E-state index in [4.69, 9.17) is 9.16 Å². The predicted molar refractivity (Wildman–Crippen MR) is 80.6 cm³/mol. The molecule has 20 heavy (non-hydrogen) atoms. The largest absolute Gasteiger partial charge is 0.548 e. The van der Waals surface area contributed by atoms with Gasteiger partial charge in [-0.1, -0.05) is 13.3 Å². The molecule has 0 spiro atoms. The maximum atomic E-state index is 13.4. The zero-order valence-corrected chi connectivity index (χ0v) is 14.1. The quantitative estimate of drug-likeness (QED) is 0.401. The summed E-state index contributed by atoms with van der Waals surface area (Å²) in [5.41, 5.74) is -0.986. The molecular weight excluding hydrogens is 275 g/mol. The monoisotopic (exact) mass is 302 g/mol. The first kappa shape index (κ1) is 17.2. The Morgan fingerprint density at radius 1 is 1.45 bits per heavy atom. The van der Waals surface area contributed by atoms with E-state index in [2.05, 4.69) is 19.6 Å². The Labute approximate surface area is 122 Å². The summed E-state index contributed by atoms with van der Waals surface area (Å²) < 4.78 is 24.5. The molecule has 1 aliphatic rings. The number of carbonyl (C=O) groups excluding carboxylic acids is 1. The highest BCUT2D eigenvalue weighted by Crippen LogP contribution is 2.38. The third-order valence-corrected chi connectivity index (χ3v) is 4.30. The number of hydrogen-bond acceptors (Lipinski definition) is 3. The van der Waals surface area contributed by atoms with Crippen molar-refractivity contribution in [3.05, 3.63) is 11.8 Å². The van der Waals surface area contributed by atoms with Crippen LogP contribution in [0.4, 0.5) is 4.39 Å². The van der Waals surface area contributed by atoms with Crippen molar-refractivity contribution in [2.45, 2.75) is 58.7 Å². The van der Waals surface area contributed by atoms with Crippen LogP contribution in [0.5, 0.6) is 0 Å². The van der Waals surface area contributed by atoms with Gasteiger partial charge < -0.3 is 9.16 Å². The van der Waals surface area contributed by atoms with E-state index in [1.807, 2.05) is 13.0 Å². The van der Waals surface area contributed by atoms with Gasteiger partial charge in [-0.3, -0.25) is 4.79 Å². The van der Waals surface area contributed by atoms with Crippen molar-refractivity contribution in [1.82, 2.24) is 0 Å². The molecule has 1 unspecified atom stereocenters. The van der Waals surface area contributed by atoms with Crippen LogP contribution in [0.2, 0.25) is 19.6 Å². The molecule has 5 heteroatoms. The van der Waals surface area contributed by atoms with E-state index in [1.165, 1.54) is 0 Å². The first-order chi connectivity index (χ1) is 9.33. The highest BCUT2D eigenvalue weighted by molar-refractivity contribution is 6.70. The van der Waals surface area contributed by atoms with Gasteiger partial charge in [0, 0.05) is 6.42 Å². The van der Waals surface area contributed by atoms with Crippen LogP contribution in [-0.4, -0.2) is 27.6 Å². The average molecular weight is 302 g/mol. The Morgan fingerprint density at radius 2 is 2.15 bits per heavy atom. The Bertz CT molecular complexity index is 363. The fourth-order valence-electron chi connectivity index (χ4n) is 2.19. The zero-order chi connectivity index (χ0) is 15.2. The van der Waals surface area contributed by atoms with Gasteiger partial charge in [-0.25, -0.2) is 4.39 Å². The maximum absolute atomic E-state index is 13.4. The molecule has 0 aromatic carbocycles. The molecule has 0 bridgehead atoms. The lowest BCUT2D eigenvalue weighted by Gasteiger charge is -2.33. The van der Waals surface area contributed by atoms with Crippen LogP contribution >= 0.6 is 0 Å². The van der Waals surface area contributed by atoms with Gasteiger partial charge in [0.1, 0.15) is 12.1 Å². The predicted octanol–water partition coefficient (Wildman–Crippen LogP) is 4.20. The SMILES string of the molecule is CCCCOC(=O)C1(CF)CC=C(O[Si](C)(C)C)CC1. The summed E-state index contributed by atoms with van der Waals surface area (Å²) in [6.07, 6.45) is 5.15. The fourth-order valence-corrected chi connectivity index (χ4v) is 3.16. The minimum absolute atomic E-state index is 0.383. The summed E-state index contributed by atoms with van der Waals surface area (Å²) in [6, 6.07) is 0. The number of rotatable bonds is 7. The average Bonchev–Trinajstić information content (AvgIpc) is 2.38. The minimum atomic E-state index is -1.63. The highest BCUT2D eigenvalue weighted by atomic mass is 28.4. The van der Waals surface area contributed by atoms with Crippen LogP contribution in [0.1, 0.15) is 39.0 Å². The number of hydrogen-bond donors (Lipinski definition) is 0. The number of carbonyl (C=O) groups is 1. The number of unbranched alkanes of at least 4 members (excludes halogenated alkanes) is 1. The molecule has 116 valence electrons. The topological polar surface area (TPSA) is 35.5 Å². The molecule has 0 fully saturated rings. The van der Waals surface area contributed by atoms with E-state index in [0.717, 1.165) is 18.6 Å². The molecule has 0 radical (unpaired) electrons. The molecular formula is C15H27FO3Si. The zero-order valence-electron chi connectivity index (χ0n) is 13.1. The van der Waals surface area contributed by atoms with E-state index in [-0.39, 0.29) is 0 Å². The summed E-state index contributed by atoms with van der Waals surface area (Å²) in [5, 5.41) is 0. The minimum Gasteiger partial charge on any atom is -0.548 e. The number of alkyl halides is 1. The summed E-state index contributed by atoms with van der Waals surface area (Å²) in [6.45, 7) is 8.10. The molecule has 0 aliphatic heterocycles. The van der Waals surface area contributed by atoms with Crippen LogP contribution < -0.4 is 0 Å². The Kier molecular flexibility index (Phi) is 6.24. The Hall–Kier alpha value is -0.843. The first-order valence-electron chi connectivity index (χ1n) is 7.44. The van der Waals surface area contributed by atoms with Crippen LogP contribution in [-0.2, 0) is 14.0 Å². The van der Waals surface area contributed by atoms with E-state index < -0.39 is 26.4 Å². The lowest BCUT2D eigenvalue weighted by atomic mass is 9.77. The van der Waals surface area contributed by atoms with Gasteiger partial charge >= 0.3 is 5.97 Å². The summed E-state index contributed by atoms with van der Waals surface area (Å²) in [7, 11) is -1.63. The molecule has 1 atom stereocenters. The second kappa shape index (κ2) is 7.25. The molecule has 0 amide bonds. The molecule has 0 saturated heterocycles. The van der Waals surface area contributed by atoms with Crippen molar-refractivity contribution in [1.29, 1.82) is 0 Å². The van der Waals surface area contributed by atoms with Crippen LogP contribution in [0.25, 0.3) is 0 Å².